The third-order valence-electron chi connectivity index (χ3n) is 5.31. The second-order valence-corrected chi connectivity index (χ2v) is 8.06. The van der Waals surface area contributed by atoms with Crippen molar-refractivity contribution in [2.75, 3.05) is 13.1 Å². The molecule has 0 aliphatic carbocycles. The molecule has 2 aromatic rings. The Labute approximate surface area is 150 Å². The lowest BCUT2D eigenvalue weighted by molar-refractivity contribution is 0.0217. The number of hydrogen-bond donors (Lipinski definition) is 1. The van der Waals surface area contributed by atoms with Gasteiger partial charge in [-0.05, 0) is 44.8 Å². The first-order valence-electron chi connectivity index (χ1n) is 8.39. The van der Waals surface area contributed by atoms with Gasteiger partial charge in [-0.1, -0.05) is 29.8 Å². The van der Waals surface area contributed by atoms with Crippen LogP contribution in [-0.4, -0.2) is 41.0 Å². The van der Waals surface area contributed by atoms with E-state index >= 15 is 0 Å². The van der Waals surface area contributed by atoms with Gasteiger partial charge in [0.05, 0.1) is 4.88 Å². The monoisotopic (exact) mass is 361 g/mol. The van der Waals surface area contributed by atoms with Crippen LogP contribution in [0.1, 0.15) is 29.6 Å². The van der Waals surface area contributed by atoms with Gasteiger partial charge in [0.15, 0.2) is 5.01 Å². The van der Waals surface area contributed by atoms with Crippen molar-refractivity contribution in [1.82, 2.24) is 15.2 Å². The van der Waals surface area contributed by atoms with Crippen molar-refractivity contribution in [2.24, 2.45) is 5.92 Å². The number of halogens is 1. The molecule has 2 bridgehead atoms. The zero-order valence-corrected chi connectivity index (χ0v) is 15.1. The average Bonchev–Trinajstić information content (AvgIpc) is 3.09. The van der Waals surface area contributed by atoms with E-state index in [9.17, 15) is 4.79 Å². The van der Waals surface area contributed by atoms with Crippen LogP contribution in [0.5, 0.6) is 0 Å². The van der Waals surface area contributed by atoms with E-state index in [0.29, 0.717) is 22.0 Å². The van der Waals surface area contributed by atoms with E-state index in [1.54, 1.807) is 6.20 Å². The predicted octanol–water partition coefficient (Wildman–Crippen LogP) is 3.68. The molecule has 1 N–H and O–H groups in total. The Morgan fingerprint density at radius 1 is 1.33 bits per heavy atom. The highest BCUT2D eigenvalue weighted by Gasteiger charge is 2.40. The maximum Gasteiger partial charge on any atom is 0.280 e. The molecule has 1 aromatic heterocycles. The minimum absolute atomic E-state index is 0.0658. The van der Waals surface area contributed by atoms with Crippen LogP contribution in [0.4, 0.5) is 0 Å². The van der Waals surface area contributed by atoms with E-state index in [0.717, 1.165) is 23.5 Å². The molecule has 3 aliphatic heterocycles. The van der Waals surface area contributed by atoms with Gasteiger partial charge >= 0.3 is 0 Å². The van der Waals surface area contributed by atoms with E-state index in [-0.39, 0.29) is 11.9 Å². The molecule has 3 aliphatic rings. The lowest BCUT2D eigenvalue weighted by Crippen LogP contribution is -2.62. The Morgan fingerprint density at radius 2 is 2.08 bits per heavy atom. The van der Waals surface area contributed by atoms with Crippen molar-refractivity contribution in [3.8, 4) is 10.4 Å². The summed E-state index contributed by atoms with van der Waals surface area (Å²) in [4.78, 5) is 20.4. The van der Waals surface area contributed by atoms with E-state index in [4.69, 9.17) is 11.6 Å². The molecule has 3 saturated heterocycles. The van der Waals surface area contributed by atoms with Crippen LogP contribution in [0, 0.1) is 5.92 Å². The molecule has 5 rings (SSSR count). The van der Waals surface area contributed by atoms with Crippen LogP contribution < -0.4 is 5.32 Å². The standard InChI is InChI=1S/C18H20ClN3OS/c1-11-16(12-6-8-22(11)9-7-12)21-17(23)18-20-10-15(24-18)13-4-2-3-5-14(13)19/h2-5,10-12,16H,6-9H2,1H3,(H,21,23)/t11-,16-/m0/s1. The minimum Gasteiger partial charge on any atom is -0.345 e. The summed E-state index contributed by atoms with van der Waals surface area (Å²) in [5.41, 5.74) is 0.923. The van der Waals surface area contributed by atoms with Gasteiger partial charge in [-0.25, -0.2) is 4.98 Å². The van der Waals surface area contributed by atoms with Crippen molar-refractivity contribution in [1.29, 1.82) is 0 Å². The number of nitrogens with zero attached hydrogens (tertiary/aromatic N) is 2. The smallest absolute Gasteiger partial charge is 0.280 e. The third kappa shape index (κ3) is 2.85. The number of piperidine rings is 3. The average molecular weight is 362 g/mol. The fraction of sp³-hybridized carbons (Fsp3) is 0.444. The van der Waals surface area contributed by atoms with Gasteiger partial charge in [-0.15, -0.1) is 11.3 Å². The van der Waals surface area contributed by atoms with E-state index < -0.39 is 0 Å². The lowest BCUT2D eigenvalue weighted by Gasteiger charge is -2.49. The van der Waals surface area contributed by atoms with Gasteiger partial charge in [0.25, 0.3) is 5.91 Å². The number of benzene rings is 1. The van der Waals surface area contributed by atoms with Crippen LogP contribution in [-0.2, 0) is 0 Å². The molecule has 1 aromatic carbocycles. The van der Waals surface area contributed by atoms with Crippen LogP contribution in [0.15, 0.2) is 30.5 Å². The summed E-state index contributed by atoms with van der Waals surface area (Å²) in [6.45, 7) is 4.53. The topological polar surface area (TPSA) is 45.2 Å². The molecule has 4 heterocycles. The van der Waals surface area contributed by atoms with Gasteiger partial charge < -0.3 is 5.32 Å². The largest absolute Gasteiger partial charge is 0.345 e. The molecule has 0 saturated carbocycles. The molecule has 3 fully saturated rings. The second kappa shape index (κ2) is 6.47. The molecule has 0 unspecified atom stereocenters. The molecular formula is C18H20ClN3OS. The highest BCUT2D eigenvalue weighted by Crippen LogP contribution is 2.34. The second-order valence-electron chi connectivity index (χ2n) is 6.62. The molecule has 24 heavy (non-hydrogen) atoms. The number of rotatable bonds is 3. The number of aromatic nitrogens is 1. The van der Waals surface area contributed by atoms with E-state index in [1.807, 2.05) is 24.3 Å². The first-order valence-corrected chi connectivity index (χ1v) is 9.58. The molecule has 2 atom stereocenters. The Bertz CT molecular complexity index is 752. The van der Waals surface area contributed by atoms with Crippen molar-refractivity contribution < 1.29 is 4.79 Å². The van der Waals surface area contributed by atoms with Gasteiger partial charge in [-0.2, -0.15) is 0 Å². The quantitative estimate of drug-likeness (QED) is 0.907. The van der Waals surface area contributed by atoms with Crippen molar-refractivity contribution in [3.05, 3.63) is 40.5 Å². The summed E-state index contributed by atoms with van der Waals surface area (Å²) in [6.07, 6.45) is 4.09. The summed E-state index contributed by atoms with van der Waals surface area (Å²) in [7, 11) is 0. The SMILES string of the molecule is C[C@H]1[C@H](NC(=O)c2ncc(-c3ccccc3Cl)s2)C2CCN1CC2. The van der Waals surface area contributed by atoms with Crippen molar-refractivity contribution >= 4 is 28.8 Å². The molecule has 0 spiro atoms. The number of amides is 1. The Kier molecular flexibility index (Phi) is 4.33. The summed E-state index contributed by atoms with van der Waals surface area (Å²) in [5, 5.41) is 4.42. The summed E-state index contributed by atoms with van der Waals surface area (Å²) in [6, 6.07) is 8.28. The van der Waals surface area contributed by atoms with E-state index in [1.165, 1.54) is 24.2 Å². The number of hydrogen-bond acceptors (Lipinski definition) is 4. The number of thiazole rings is 1. The molecule has 4 nitrogen and oxygen atoms in total. The fourth-order valence-electron chi connectivity index (χ4n) is 3.92. The summed E-state index contributed by atoms with van der Waals surface area (Å²) >= 11 is 7.63. The minimum atomic E-state index is -0.0658. The zero-order chi connectivity index (χ0) is 16.7. The number of carbonyl (C=O) groups is 1. The Morgan fingerprint density at radius 3 is 2.79 bits per heavy atom. The number of fused-ring (bicyclic) bond motifs is 3. The molecular weight excluding hydrogens is 342 g/mol. The zero-order valence-electron chi connectivity index (χ0n) is 13.5. The van der Waals surface area contributed by atoms with Gasteiger partial charge in [0, 0.05) is 28.9 Å². The first-order chi connectivity index (χ1) is 11.6. The van der Waals surface area contributed by atoms with Crippen LogP contribution in [0.25, 0.3) is 10.4 Å². The van der Waals surface area contributed by atoms with Crippen LogP contribution >= 0.6 is 22.9 Å². The third-order valence-corrected chi connectivity index (χ3v) is 6.67. The fourth-order valence-corrected chi connectivity index (χ4v) is 5.08. The molecule has 126 valence electrons. The molecule has 6 heteroatoms. The summed E-state index contributed by atoms with van der Waals surface area (Å²) < 4.78 is 0. The maximum absolute atomic E-state index is 12.6. The predicted molar refractivity (Wildman–Crippen MR) is 97.6 cm³/mol. The highest BCUT2D eigenvalue weighted by atomic mass is 35.5. The normalized spacial score (nSPS) is 28.8. The number of nitrogens with one attached hydrogen (secondary N) is 1. The highest BCUT2D eigenvalue weighted by molar-refractivity contribution is 7.17. The van der Waals surface area contributed by atoms with Gasteiger partial charge in [0.1, 0.15) is 0 Å². The van der Waals surface area contributed by atoms with Gasteiger partial charge in [0.2, 0.25) is 0 Å². The van der Waals surface area contributed by atoms with Crippen molar-refractivity contribution in [2.45, 2.75) is 31.8 Å². The Balaban J connectivity index is 1.51. The molecule has 1 amide bonds. The van der Waals surface area contributed by atoms with Crippen molar-refractivity contribution in [3.63, 3.8) is 0 Å². The van der Waals surface area contributed by atoms with Crippen LogP contribution in [0.2, 0.25) is 5.02 Å². The first kappa shape index (κ1) is 16.1. The lowest BCUT2D eigenvalue weighted by atomic mass is 9.79. The maximum atomic E-state index is 12.6. The Hall–Kier alpha value is -1.43. The molecule has 0 radical (unpaired) electrons. The number of carbonyl (C=O) groups excluding carboxylic acids is 1. The van der Waals surface area contributed by atoms with Crippen LogP contribution in [0.3, 0.4) is 0 Å². The van der Waals surface area contributed by atoms with Gasteiger partial charge in [-0.3, -0.25) is 9.69 Å². The van der Waals surface area contributed by atoms with E-state index in [2.05, 4.69) is 22.1 Å². The summed E-state index contributed by atoms with van der Waals surface area (Å²) in [5.74, 6) is 0.529.